The number of piperidine rings is 1. The van der Waals surface area contributed by atoms with E-state index in [9.17, 15) is 13.6 Å². The van der Waals surface area contributed by atoms with Crippen molar-refractivity contribution in [1.29, 1.82) is 0 Å². The molecule has 31 heavy (non-hydrogen) atoms. The Morgan fingerprint density at radius 2 is 1.84 bits per heavy atom. The van der Waals surface area contributed by atoms with Gasteiger partial charge in [0.15, 0.2) is 6.10 Å². The second-order valence-corrected chi connectivity index (χ2v) is 7.59. The third-order valence-corrected chi connectivity index (χ3v) is 5.57. The van der Waals surface area contributed by atoms with Gasteiger partial charge in [0.05, 0.1) is 17.6 Å². The number of para-hydroxylation sites is 1. The van der Waals surface area contributed by atoms with Gasteiger partial charge in [-0.05, 0) is 30.3 Å². The lowest BCUT2D eigenvalue weighted by Crippen LogP contribution is -2.55. The van der Waals surface area contributed by atoms with Crippen LogP contribution in [0.3, 0.4) is 0 Å². The van der Waals surface area contributed by atoms with Crippen LogP contribution in [0.2, 0.25) is 0 Å². The van der Waals surface area contributed by atoms with Crippen LogP contribution in [-0.4, -0.2) is 45.9 Å². The summed E-state index contributed by atoms with van der Waals surface area (Å²) in [4.78, 5) is 23.2. The number of hydrogen-bond acceptors (Lipinski definition) is 4. The smallest absolute Gasteiger partial charge is 0.287 e. The number of pyridine rings is 2. The lowest BCUT2D eigenvalue weighted by atomic mass is 10.0. The van der Waals surface area contributed by atoms with Crippen LogP contribution in [0, 0.1) is 0 Å². The minimum absolute atomic E-state index is 0.0481. The molecule has 0 aliphatic carbocycles. The molecular weight excluding hydrogens is 400 g/mol. The van der Waals surface area contributed by atoms with E-state index in [-0.39, 0.29) is 24.9 Å². The van der Waals surface area contributed by atoms with Crippen molar-refractivity contribution in [1.82, 2.24) is 14.9 Å². The third-order valence-electron chi connectivity index (χ3n) is 5.57. The van der Waals surface area contributed by atoms with Gasteiger partial charge < -0.3 is 9.64 Å². The molecule has 1 fully saturated rings. The molecule has 1 amide bonds. The second kappa shape index (κ2) is 7.58. The lowest BCUT2D eigenvalue weighted by Gasteiger charge is -2.38. The van der Waals surface area contributed by atoms with Crippen molar-refractivity contribution in [3.05, 3.63) is 78.5 Å². The predicted octanol–water partition coefficient (Wildman–Crippen LogP) is 4.71. The largest absolute Gasteiger partial charge is 0.466 e. The quantitative estimate of drug-likeness (QED) is 0.483. The molecular formula is C24H19F2N3O2. The minimum atomic E-state index is -3.07. The Hall–Kier alpha value is -3.61. The van der Waals surface area contributed by atoms with Crippen molar-refractivity contribution < 1.29 is 18.3 Å². The van der Waals surface area contributed by atoms with E-state index < -0.39 is 18.4 Å². The Morgan fingerprint density at radius 1 is 1.00 bits per heavy atom. The number of alkyl halides is 2. The molecule has 7 heteroatoms. The van der Waals surface area contributed by atoms with Gasteiger partial charge >= 0.3 is 0 Å². The summed E-state index contributed by atoms with van der Waals surface area (Å²) in [5.41, 5.74) is 1.79. The van der Waals surface area contributed by atoms with E-state index in [0.717, 1.165) is 5.39 Å². The Bertz CT molecular complexity index is 1270. The van der Waals surface area contributed by atoms with Crippen molar-refractivity contribution in [3.8, 4) is 5.88 Å². The summed E-state index contributed by atoms with van der Waals surface area (Å²) in [6.45, 7) is -0.273. The Kier molecular flexibility index (Phi) is 4.73. The van der Waals surface area contributed by atoms with Crippen LogP contribution in [0.15, 0.2) is 72.9 Å². The molecule has 0 radical (unpaired) electrons. The van der Waals surface area contributed by atoms with E-state index in [1.165, 1.54) is 4.90 Å². The first-order valence-corrected chi connectivity index (χ1v) is 10.0. The first kappa shape index (κ1) is 19.4. The van der Waals surface area contributed by atoms with Crippen molar-refractivity contribution >= 4 is 27.7 Å². The van der Waals surface area contributed by atoms with Gasteiger partial charge in [-0.3, -0.25) is 9.78 Å². The van der Waals surface area contributed by atoms with Crippen molar-refractivity contribution in [3.63, 3.8) is 0 Å². The number of fused-ring (bicyclic) bond motifs is 2. The summed E-state index contributed by atoms with van der Waals surface area (Å²) in [6.07, 6.45) is -0.301. The topological polar surface area (TPSA) is 55.3 Å². The first-order valence-electron chi connectivity index (χ1n) is 10.0. The Morgan fingerprint density at radius 3 is 2.74 bits per heavy atom. The van der Waals surface area contributed by atoms with Crippen molar-refractivity contribution in [2.45, 2.75) is 18.4 Å². The van der Waals surface area contributed by atoms with Crippen LogP contribution in [0.5, 0.6) is 5.88 Å². The molecule has 156 valence electrons. The molecule has 1 aliphatic heterocycles. The molecule has 2 aromatic carbocycles. The van der Waals surface area contributed by atoms with Gasteiger partial charge in [0, 0.05) is 41.6 Å². The van der Waals surface area contributed by atoms with Crippen LogP contribution in [-0.2, 0) is 0 Å². The van der Waals surface area contributed by atoms with E-state index >= 15 is 0 Å². The standard InChI is InChI=1S/C24H19F2N3O2/c25-24(26)12-14-29(23(30)18-6-3-9-20-17(18)7-4-13-27-20)15-21(24)31-22-11-10-16-5-1-2-8-19(16)28-22/h1-11,13,21H,12,14-15H2. The number of hydrogen-bond donors (Lipinski definition) is 0. The zero-order valence-electron chi connectivity index (χ0n) is 16.5. The average molecular weight is 419 g/mol. The van der Waals surface area contributed by atoms with E-state index in [0.29, 0.717) is 22.0 Å². The maximum atomic E-state index is 14.7. The molecule has 2 aromatic heterocycles. The van der Waals surface area contributed by atoms with Crippen molar-refractivity contribution in [2.75, 3.05) is 13.1 Å². The highest BCUT2D eigenvalue weighted by molar-refractivity contribution is 6.06. The predicted molar refractivity (Wildman–Crippen MR) is 113 cm³/mol. The molecule has 3 heterocycles. The summed E-state index contributed by atoms with van der Waals surface area (Å²) < 4.78 is 34.9. The van der Waals surface area contributed by atoms with E-state index in [2.05, 4.69) is 9.97 Å². The fourth-order valence-electron chi connectivity index (χ4n) is 3.90. The van der Waals surface area contributed by atoms with Crippen LogP contribution >= 0.6 is 0 Å². The molecule has 0 bridgehead atoms. The molecule has 5 nitrogen and oxygen atoms in total. The summed E-state index contributed by atoms with van der Waals surface area (Å²) in [5, 5.41) is 1.59. The molecule has 0 saturated carbocycles. The minimum Gasteiger partial charge on any atom is -0.466 e. The van der Waals surface area contributed by atoms with E-state index in [1.807, 2.05) is 24.3 Å². The van der Waals surface area contributed by atoms with Crippen molar-refractivity contribution in [2.24, 2.45) is 0 Å². The number of carbonyl (C=O) groups is 1. The summed E-state index contributed by atoms with van der Waals surface area (Å²) >= 11 is 0. The number of carbonyl (C=O) groups excluding carboxylic acids is 1. The molecule has 5 rings (SSSR count). The summed E-state index contributed by atoms with van der Waals surface area (Å²) in [6, 6.07) is 19.6. The monoisotopic (exact) mass is 419 g/mol. The van der Waals surface area contributed by atoms with Gasteiger partial charge in [0.1, 0.15) is 0 Å². The van der Waals surface area contributed by atoms with Gasteiger partial charge in [0.25, 0.3) is 11.8 Å². The highest BCUT2D eigenvalue weighted by Crippen LogP contribution is 2.33. The first-order chi connectivity index (χ1) is 15.0. The number of likely N-dealkylation sites (tertiary alicyclic amines) is 1. The maximum Gasteiger partial charge on any atom is 0.287 e. The highest BCUT2D eigenvalue weighted by Gasteiger charge is 2.47. The summed E-state index contributed by atoms with van der Waals surface area (Å²) in [5.74, 6) is -3.26. The molecule has 0 spiro atoms. The third kappa shape index (κ3) is 3.67. The fraction of sp³-hybridized carbons (Fsp3) is 0.208. The zero-order chi connectivity index (χ0) is 21.4. The highest BCUT2D eigenvalue weighted by atomic mass is 19.3. The van der Waals surface area contributed by atoms with Gasteiger partial charge in [-0.2, -0.15) is 0 Å². The summed E-state index contributed by atoms with van der Waals surface area (Å²) in [7, 11) is 0. The molecule has 0 N–H and O–H groups in total. The molecule has 1 atom stereocenters. The number of ether oxygens (including phenoxy) is 1. The number of halogens is 2. The second-order valence-electron chi connectivity index (χ2n) is 7.59. The molecule has 1 unspecified atom stereocenters. The number of aromatic nitrogens is 2. The van der Waals surface area contributed by atoms with Crippen LogP contribution in [0.1, 0.15) is 16.8 Å². The Labute approximate surface area is 177 Å². The fourth-order valence-corrected chi connectivity index (χ4v) is 3.90. The van der Waals surface area contributed by atoms with Crippen LogP contribution in [0.25, 0.3) is 21.8 Å². The molecule has 1 saturated heterocycles. The number of benzene rings is 2. The normalized spacial score (nSPS) is 18.3. The van der Waals surface area contributed by atoms with E-state index in [4.69, 9.17) is 4.74 Å². The molecule has 4 aromatic rings. The average Bonchev–Trinajstić information content (AvgIpc) is 2.79. The van der Waals surface area contributed by atoms with E-state index in [1.54, 1.807) is 48.7 Å². The number of amides is 1. The lowest BCUT2D eigenvalue weighted by molar-refractivity contribution is -0.131. The maximum absolute atomic E-state index is 14.7. The van der Waals surface area contributed by atoms with Crippen LogP contribution < -0.4 is 4.74 Å². The van der Waals surface area contributed by atoms with Gasteiger partial charge in [-0.25, -0.2) is 13.8 Å². The number of rotatable bonds is 3. The number of nitrogens with zero attached hydrogens (tertiary/aromatic N) is 3. The van der Waals surface area contributed by atoms with Crippen LogP contribution in [0.4, 0.5) is 8.78 Å². The van der Waals surface area contributed by atoms with Gasteiger partial charge in [0.2, 0.25) is 5.88 Å². The Balaban J connectivity index is 1.41. The van der Waals surface area contributed by atoms with Gasteiger partial charge in [-0.15, -0.1) is 0 Å². The molecule has 1 aliphatic rings. The van der Waals surface area contributed by atoms with Gasteiger partial charge in [-0.1, -0.05) is 30.3 Å². The zero-order valence-corrected chi connectivity index (χ0v) is 16.5. The SMILES string of the molecule is O=C(c1cccc2ncccc12)N1CCC(F)(F)C(Oc2ccc3ccccc3n2)C1.